The summed E-state index contributed by atoms with van der Waals surface area (Å²) in [5, 5.41) is 3.20. The van der Waals surface area contributed by atoms with E-state index in [2.05, 4.69) is 10.2 Å². The zero-order valence-corrected chi connectivity index (χ0v) is 6.71. The van der Waals surface area contributed by atoms with Gasteiger partial charge in [0.25, 0.3) is 0 Å². The highest BCUT2D eigenvalue weighted by Crippen LogP contribution is 2.16. The number of rotatable bonds is 1. The van der Waals surface area contributed by atoms with Gasteiger partial charge in [-0.05, 0) is 12.2 Å². The van der Waals surface area contributed by atoms with Crippen LogP contribution < -0.4 is 11.1 Å². The molecule has 0 saturated carbocycles. The number of carbonyl (C=O) groups is 1. The van der Waals surface area contributed by atoms with E-state index in [0.29, 0.717) is 12.1 Å². The van der Waals surface area contributed by atoms with Crippen molar-refractivity contribution in [3.8, 4) is 0 Å². The molecule has 0 bridgehead atoms. The van der Waals surface area contributed by atoms with Gasteiger partial charge in [-0.3, -0.25) is 10.1 Å². The molecule has 2 heterocycles. The standard InChI is InChI=1S/C8H11N3O/c9-8(12)6-1-2-7-3-10-5-11(7)4-6/h1-2,10H,3-5H2,(H2,9,12). The molecule has 1 amide bonds. The Morgan fingerprint density at radius 2 is 2.42 bits per heavy atom. The minimum absolute atomic E-state index is 0.322. The molecule has 0 aromatic rings. The maximum Gasteiger partial charge on any atom is 0.246 e. The molecule has 2 aliphatic heterocycles. The summed E-state index contributed by atoms with van der Waals surface area (Å²) in [5.74, 6) is -0.322. The Hall–Kier alpha value is -1.29. The third-order valence-corrected chi connectivity index (χ3v) is 2.17. The third-order valence-electron chi connectivity index (χ3n) is 2.17. The van der Waals surface area contributed by atoms with Crippen molar-refractivity contribution in [3.05, 3.63) is 23.4 Å². The fourth-order valence-electron chi connectivity index (χ4n) is 1.47. The summed E-state index contributed by atoms with van der Waals surface area (Å²) >= 11 is 0. The maximum absolute atomic E-state index is 10.8. The summed E-state index contributed by atoms with van der Waals surface area (Å²) in [7, 11) is 0. The van der Waals surface area contributed by atoms with Gasteiger partial charge in [0.2, 0.25) is 5.91 Å². The zero-order chi connectivity index (χ0) is 8.55. The van der Waals surface area contributed by atoms with E-state index >= 15 is 0 Å². The predicted octanol–water partition coefficient (Wildman–Crippen LogP) is -0.842. The van der Waals surface area contributed by atoms with Gasteiger partial charge >= 0.3 is 0 Å². The lowest BCUT2D eigenvalue weighted by molar-refractivity contribution is -0.114. The predicted molar refractivity (Wildman–Crippen MR) is 44.9 cm³/mol. The van der Waals surface area contributed by atoms with Crippen LogP contribution in [0.5, 0.6) is 0 Å². The molecule has 2 aliphatic rings. The number of hydrogen-bond acceptors (Lipinski definition) is 3. The van der Waals surface area contributed by atoms with Crippen molar-refractivity contribution in [3.63, 3.8) is 0 Å². The molecule has 1 saturated heterocycles. The van der Waals surface area contributed by atoms with Crippen LogP contribution in [0.3, 0.4) is 0 Å². The summed E-state index contributed by atoms with van der Waals surface area (Å²) in [5.41, 5.74) is 7.09. The Morgan fingerprint density at radius 3 is 3.17 bits per heavy atom. The van der Waals surface area contributed by atoms with Gasteiger partial charge in [0, 0.05) is 24.4 Å². The number of nitrogens with two attached hydrogens (primary N) is 1. The van der Waals surface area contributed by atoms with Crippen LogP contribution in [0.25, 0.3) is 0 Å². The topological polar surface area (TPSA) is 58.4 Å². The van der Waals surface area contributed by atoms with Crippen molar-refractivity contribution >= 4 is 5.91 Å². The summed E-state index contributed by atoms with van der Waals surface area (Å²) in [4.78, 5) is 12.9. The fraction of sp³-hybridized carbons (Fsp3) is 0.375. The van der Waals surface area contributed by atoms with Crippen molar-refractivity contribution in [2.24, 2.45) is 5.73 Å². The molecule has 2 rings (SSSR count). The minimum Gasteiger partial charge on any atom is -0.366 e. The van der Waals surface area contributed by atoms with Crippen LogP contribution in [0.2, 0.25) is 0 Å². The second-order valence-corrected chi connectivity index (χ2v) is 3.00. The van der Waals surface area contributed by atoms with E-state index in [0.717, 1.165) is 13.2 Å². The molecular weight excluding hydrogens is 154 g/mol. The second kappa shape index (κ2) is 2.64. The van der Waals surface area contributed by atoms with Gasteiger partial charge < -0.3 is 10.6 Å². The lowest BCUT2D eigenvalue weighted by atomic mass is 10.1. The molecule has 4 heteroatoms. The highest BCUT2D eigenvalue weighted by atomic mass is 16.1. The molecule has 1 fully saturated rings. The molecule has 0 radical (unpaired) electrons. The van der Waals surface area contributed by atoms with E-state index in [9.17, 15) is 4.79 Å². The van der Waals surface area contributed by atoms with E-state index < -0.39 is 0 Å². The highest BCUT2D eigenvalue weighted by molar-refractivity contribution is 5.93. The van der Waals surface area contributed by atoms with Crippen molar-refractivity contribution in [1.82, 2.24) is 10.2 Å². The molecule has 0 aliphatic carbocycles. The molecule has 0 aromatic carbocycles. The van der Waals surface area contributed by atoms with E-state index in [1.165, 1.54) is 5.70 Å². The van der Waals surface area contributed by atoms with Crippen LogP contribution in [0.4, 0.5) is 0 Å². The second-order valence-electron chi connectivity index (χ2n) is 3.00. The van der Waals surface area contributed by atoms with Gasteiger partial charge in [-0.1, -0.05) is 0 Å². The number of primary amides is 1. The lowest BCUT2D eigenvalue weighted by Gasteiger charge is -2.22. The smallest absolute Gasteiger partial charge is 0.246 e. The van der Waals surface area contributed by atoms with Crippen LogP contribution in [0.1, 0.15) is 0 Å². The van der Waals surface area contributed by atoms with E-state index in [-0.39, 0.29) is 5.91 Å². The Balaban J connectivity index is 2.20. The van der Waals surface area contributed by atoms with Gasteiger partial charge in [0.15, 0.2) is 0 Å². The first kappa shape index (κ1) is 7.36. The van der Waals surface area contributed by atoms with E-state index in [1.807, 2.05) is 6.08 Å². The van der Waals surface area contributed by atoms with Gasteiger partial charge in [-0.2, -0.15) is 0 Å². The number of fused-ring (bicyclic) bond motifs is 1. The first-order valence-corrected chi connectivity index (χ1v) is 3.92. The number of hydrogen-bond donors (Lipinski definition) is 2. The number of carbonyl (C=O) groups excluding carboxylic acids is 1. The normalized spacial score (nSPS) is 21.5. The number of allylic oxidation sites excluding steroid dienone is 2. The largest absolute Gasteiger partial charge is 0.366 e. The average molecular weight is 165 g/mol. The molecule has 3 N–H and O–H groups in total. The van der Waals surface area contributed by atoms with Crippen molar-refractivity contribution in [2.45, 2.75) is 0 Å². The van der Waals surface area contributed by atoms with Crippen LogP contribution in [-0.2, 0) is 4.79 Å². The monoisotopic (exact) mass is 165 g/mol. The Kier molecular flexibility index (Phi) is 1.62. The Morgan fingerprint density at radius 1 is 1.58 bits per heavy atom. The van der Waals surface area contributed by atoms with Gasteiger partial charge in [-0.25, -0.2) is 0 Å². The first-order valence-electron chi connectivity index (χ1n) is 3.92. The minimum atomic E-state index is -0.322. The van der Waals surface area contributed by atoms with Crippen molar-refractivity contribution < 1.29 is 4.79 Å². The molecule has 0 atom stereocenters. The lowest BCUT2D eigenvalue weighted by Crippen LogP contribution is -2.30. The van der Waals surface area contributed by atoms with E-state index in [4.69, 9.17) is 5.73 Å². The number of amides is 1. The number of nitrogens with zero attached hydrogens (tertiary/aromatic N) is 1. The molecule has 12 heavy (non-hydrogen) atoms. The molecule has 4 nitrogen and oxygen atoms in total. The van der Waals surface area contributed by atoms with Gasteiger partial charge in [0.05, 0.1) is 6.67 Å². The number of nitrogens with one attached hydrogen (secondary N) is 1. The average Bonchev–Trinajstić information content (AvgIpc) is 2.49. The summed E-state index contributed by atoms with van der Waals surface area (Å²) in [6, 6.07) is 0. The third kappa shape index (κ3) is 1.10. The van der Waals surface area contributed by atoms with Crippen LogP contribution in [-0.4, -0.2) is 30.6 Å². The SMILES string of the molecule is NC(=O)C1=CC=C2CNCN2C1. The van der Waals surface area contributed by atoms with Crippen molar-refractivity contribution in [1.29, 1.82) is 0 Å². The Labute approximate surface area is 70.7 Å². The highest BCUT2D eigenvalue weighted by Gasteiger charge is 2.21. The van der Waals surface area contributed by atoms with Crippen LogP contribution >= 0.6 is 0 Å². The molecule has 0 spiro atoms. The molecule has 64 valence electrons. The molecule has 0 aromatic heterocycles. The summed E-state index contributed by atoms with van der Waals surface area (Å²) < 4.78 is 0. The molecular formula is C8H11N3O. The van der Waals surface area contributed by atoms with Crippen LogP contribution in [0.15, 0.2) is 23.4 Å². The summed E-state index contributed by atoms with van der Waals surface area (Å²) in [6.07, 6.45) is 3.75. The van der Waals surface area contributed by atoms with Crippen molar-refractivity contribution in [2.75, 3.05) is 19.8 Å². The Bertz CT molecular complexity index is 280. The molecule has 0 unspecified atom stereocenters. The maximum atomic E-state index is 10.8. The zero-order valence-electron chi connectivity index (χ0n) is 6.71. The fourth-order valence-corrected chi connectivity index (χ4v) is 1.47. The van der Waals surface area contributed by atoms with Crippen LogP contribution in [0, 0.1) is 0 Å². The van der Waals surface area contributed by atoms with Gasteiger partial charge in [-0.15, -0.1) is 0 Å². The quantitative estimate of drug-likeness (QED) is 0.532. The van der Waals surface area contributed by atoms with Gasteiger partial charge in [0.1, 0.15) is 0 Å². The summed E-state index contributed by atoms with van der Waals surface area (Å²) in [6.45, 7) is 2.35. The van der Waals surface area contributed by atoms with E-state index in [1.54, 1.807) is 6.08 Å². The first-order chi connectivity index (χ1) is 5.77.